The summed E-state index contributed by atoms with van der Waals surface area (Å²) in [6.45, 7) is 10.9. The van der Waals surface area contributed by atoms with Crippen LogP contribution in [0.3, 0.4) is 0 Å². The fourth-order valence-corrected chi connectivity index (χ4v) is 4.65. The zero-order valence-corrected chi connectivity index (χ0v) is 19.5. The van der Waals surface area contributed by atoms with Gasteiger partial charge in [0.2, 0.25) is 0 Å². The highest BCUT2D eigenvalue weighted by Gasteiger charge is 2.59. The van der Waals surface area contributed by atoms with Gasteiger partial charge in [-0.2, -0.15) is 0 Å². The average molecular weight is 437 g/mol. The quantitative estimate of drug-likeness (QED) is 0.596. The number of fused-ring (bicyclic) bond motifs is 1. The van der Waals surface area contributed by atoms with E-state index in [1.54, 1.807) is 7.11 Å². The Morgan fingerprint density at radius 1 is 0.903 bits per heavy atom. The van der Waals surface area contributed by atoms with Crippen molar-refractivity contribution in [1.29, 1.82) is 0 Å². The lowest BCUT2D eigenvalue weighted by Gasteiger charge is -2.46. The van der Waals surface area contributed by atoms with Crippen LogP contribution in [0.2, 0.25) is 0 Å². The van der Waals surface area contributed by atoms with E-state index in [-0.39, 0.29) is 18.3 Å². The van der Waals surface area contributed by atoms with Gasteiger partial charge in [0, 0.05) is 12.0 Å². The van der Waals surface area contributed by atoms with Crippen LogP contribution in [-0.2, 0) is 34.2 Å². The van der Waals surface area contributed by atoms with Gasteiger partial charge in [-0.3, -0.25) is 0 Å². The normalized spacial score (nSPS) is 36.3. The third-order valence-electron chi connectivity index (χ3n) is 6.10. The molecule has 7 nitrogen and oxygen atoms in total. The molecule has 1 aromatic carbocycles. The summed E-state index contributed by atoms with van der Waals surface area (Å²) in [5.74, 6) is -1.55. The first kappa shape index (κ1) is 23.0. The molecular formula is C24H36O7. The summed E-state index contributed by atoms with van der Waals surface area (Å²) >= 11 is 0. The molecule has 7 heteroatoms. The van der Waals surface area contributed by atoms with Crippen molar-refractivity contribution in [2.75, 3.05) is 20.3 Å². The van der Waals surface area contributed by atoms with Crippen LogP contribution in [0.15, 0.2) is 24.3 Å². The number of rotatable bonds is 7. The largest absolute Gasteiger partial charge is 0.497 e. The first-order valence-corrected chi connectivity index (χ1v) is 11.3. The summed E-state index contributed by atoms with van der Waals surface area (Å²) in [5, 5.41) is 0. The van der Waals surface area contributed by atoms with Gasteiger partial charge in [-0.05, 0) is 58.4 Å². The second-order valence-corrected chi connectivity index (χ2v) is 9.48. The zero-order valence-electron chi connectivity index (χ0n) is 19.5. The lowest BCUT2D eigenvalue weighted by atomic mass is 9.89. The fourth-order valence-electron chi connectivity index (χ4n) is 4.65. The van der Waals surface area contributed by atoms with E-state index in [2.05, 4.69) is 6.92 Å². The number of methoxy groups -OCH3 is 1. The van der Waals surface area contributed by atoms with E-state index >= 15 is 0 Å². The molecule has 0 aliphatic carbocycles. The Morgan fingerprint density at radius 3 is 2.19 bits per heavy atom. The molecule has 31 heavy (non-hydrogen) atoms. The van der Waals surface area contributed by atoms with E-state index in [9.17, 15) is 0 Å². The Bertz CT molecular complexity index is 747. The number of ether oxygens (including phenoxy) is 7. The average Bonchev–Trinajstić information content (AvgIpc) is 3.24. The van der Waals surface area contributed by atoms with Crippen LogP contribution in [0.4, 0.5) is 0 Å². The molecule has 0 bridgehead atoms. The highest BCUT2D eigenvalue weighted by atomic mass is 16.8. The van der Waals surface area contributed by atoms with Crippen molar-refractivity contribution in [2.24, 2.45) is 0 Å². The molecule has 174 valence electrons. The number of benzene rings is 1. The monoisotopic (exact) mass is 436 g/mol. The lowest BCUT2D eigenvalue weighted by Crippen LogP contribution is -2.57. The molecule has 0 saturated carbocycles. The third-order valence-corrected chi connectivity index (χ3v) is 6.10. The maximum absolute atomic E-state index is 6.79. The Hall–Kier alpha value is -1.22. The summed E-state index contributed by atoms with van der Waals surface area (Å²) in [5.41, 5.74) is 0.930. The maximum Gasteiger partial charge on any atom is 0.197 e. The molecule has 4 rings (SSSR count). The molecule has 0 unspecified atom stereocenters. The summed E-state index contributed by atoms with van der Waals surface area (Å²) < 4.78 is 43.3. The molecule has 0 spiro atoms. The minimum atomic E-state index is -0.965. The molecule has 0 amide bonds. The van der Waals surface area contributed by atoms with Gasteiger partial charge in [-0.25, -0.2) is 0 Å². The summed E-state index contributed by atoms with van der Waals surface area (Å²) in [7, 11) is 1.66. The van der Waals surface area contributed by atoms with Gasteiger partial charge in [-0.15, -0.1) is 0 Å². The van der Waals surface area contributed by atoms with Gasteiger partial charge >= 0.3 is 0 Å². The number of hydrogen-bond acceptors (Lipinski definition) is 7. The maximum atomic E-state index is 6.79. The van der Waals surface area contributed by atoms with Gasteiger partial charge in [0.15, 0.2) is 17.4 Å². The van der Waals surface area contributed by atoms with Crippen LogP contribution in [0.5, 0.6) is 5.75 Å². The molecule has 0 radical (unpaired) electrons. The van der Waals surface area contributed by atoms with Crippen molar-refractivity contribution in [1.82, 2.24) is 0 Å². The van der Waals surface area contributed by atoms with Crippen LogP contribution in [0, 0.1) is 0 Å². The first-order valence-electron chi connectivity index (χ1n) is 11.3. The van der Waals surface area contributed by atoms with Crippen molar-refractivity contribution in [2.45, 2.75) is 95.7 Å². The molecule has 3 heterocycles. The number of hydrogen-bond donors (Lipinski definition) is 0. The first-order chi connectivity index (χ1) is 14.7. The topological polar surface area (TPSA) is 64.6 Å². The van der Waals surface area contributed by atoms with E-state index in [4.69, 9.17) is 33.2 Å². The Balaban J connectivity index is 1.69. The van der Waals surface area contributed by atoms with E-state index in [1.165, 1.54) is 0 Å². The van der Waals surface area contributed by atoms with Gasteiger partial charge < -0.3 is 33.2 Å². The molecule has 3 fully saturated rings. The molecule has 5 atom stereocenters. The smallest absolute Gasteiger partial charge is 0.197 e. The Morgan fingerprint density at radius 2 is 1.58 bits per heavy atom. The minimum absolute atomic E-state index is 0.190. The van der Waals surface area contributed by atoms with Gasteiger partial charge in [0.05, 0.1) is 26.4 Å². The molecule has 3 saturated heterocycles. The SMILES string of the molecule is CCCCO[C@@]1(c2ccc(OC)cc2)C[C@H]2OC(C)(C)O[C@H]2[C@@H]([C@H]2COC(C)(C)O2)O1. The van der Waals surface area contributed by atoms with E-state index < -0.39 is 23.5 Å². The van der Waals surface area contributed by atoms with Crippen LogP contribution in [-0.4, -0.2) is 56.3 Å². The molecule has 3 aliphatic rings. The van der Waals surface area contributed by atoms with Gasteiger partial charge in [0.25, 0.3) is 0 Å². The Kier molecular flexibility index (Phi) is 6.38. The van der Waals surface area contributed by atoms with Gasteiger partial charge in [0.1, 0.15) is 24.1 Å². The fraction of sp³-hybridized carbons (Fsp3) is 0.750. The molecule has 3 aliphatic heterocycles. The molecule has 1 aromatic rings. The van der Waals surface area contributed by atoms with Crippen LogP contribution in [0.25, 0.3) is 0 Å². The molecular weight excluding hydrogens is 400 g/mol. The van der Waals surface area contributed by atoms with E-state index in [1.807, 2.05) is 52.0 Å². The van der Waals surface area contributed by atoms with Gasteiger partial charge in [-0.1, -0.05) is 13.3 Å². The summed E-state index contributed by atoms with van der Waals surface area (Å²) in [6.07, 6.45) is 1.38. The van der Waals surface area contributed by atoms with Crippen molar-refractivity contribution in [3.05, 3.63) is 29.8 Å². The van der Waals surface area contributed by atoms with Crippen LogP contribution in [0.1, 0.15) is 59.4 Å². The van der Waals surface area contributed by atoms with Crippen molar-refractivity contribution >= 4 is 0 Å². The summed E-state index contributed by atoms with van der Waals surface area (Å²) in [6, 6.07) is 7.86. The highest BCUT2D eigenvalue weighted by molar-refractivity contribution is 5.31. The van der Waals surface area contributed by atoms with Crippen molar-refractivity contribution in [3.8, 4) is 5.75 Å². The molecule has 0 N–H and O–H groups in total. The number of unbranched alkanes of at least 4 members (excludes halogenated alkanes) is 1. The van der Waals surface area contributed by atoms with E-state index in [0.29, 0.717) is 19.6 Å². The standard InChI is InChI=1S/C24H36O7/c1-7-8-13-26-24(16-9-11-17(25-6)12-10-16)14-18-20(30-23(4,5)28-18)21(31-24)19-15-27-22(2,3)29-19/h9-12,18-21H,7-8,13-15H2,1-6H3/t18-,19-,20-,21-,24+/m1/s1. The van der Waals surface area contributed by atoms with E-state index in [0.717, 1.165) is 24.2 Å². The predicted molar refractivity (Wildman–Crippen MR) is 114 cm³/mol. The van der Waals surface area contributed by atoms with Crippen LogP contribution < -0.4 is 4.74 Å². The Labute approximate surface area is 185 Å². The van der Waals surface area contributed by atoms with Crippen molar-refractivity contribution < 1.29 is 33.2 Å². The lowest BCUT2D eigenvalue weighted by molar-refractivity contribution is -0.330. The summed E-state index contributed by atoms with van der Waals surface area (Å²) in [4.78, 5) is 0. The third kappa shape index (κ3) is 4.77. The zero-order chi connectivity index (χ0) is 22.3. The predicted octanol–water partition coefficient (Wildman–Crippen LogP) is 4.13. The van der Waals surface area contributed by atoms with Crippen molar-refractivity contribution in [3.63, 3.8) is 0 Å². The second kappa shape index (κ2) is 8.61. The highest BCUT2D eigenvalue weighted by Crippen LogP contribution is 2.48. The second-order valence-electron chi connectivity index (χ2n) is 9.48. The minimum Gasteiger partial charge on any atom is -0.497 e. The molecule has 0 aromatic heterocycles. The van der Waals surface area contributed by atoms with Crippen LogP contribution >= 0.6 is 0 Å².